The summed E-state index contributed by atoms with van der Waals surface area (Å²) in [5, 5.41) is 32.3. The molecule has 0 aliphatic rings. The second kappa shape index (κ2) is 10.2. The van der Waals surface area contributed by atoms with Gasteiger partial charge in [-0.05, 0) is 47.5 Å². The molecule has 0 aliphatic carbocycles. The summed E-state index contributed by atoms with van der Waals surface area (Å²) in [7, 11) is 0. The zero-order chi connectivity index (χ0) is 23.1. The van der Waals surface area contributed by atoms with Crippen LogP contribution in [0.25, 0.3) is 6.08 Å². The molecular formula is C23H16BrN3O5. The maximum Gasteiger partial charge on any atom is 0.273 e. The second-order valence-corrected chi connectivity index (χ2v) is 7.48. The number of aromatic hydroxyl groups is 1. The number of amides is 1. The highest BCUT2D eigenvalue weighted by atomic mass is 79.9. The van der Waals surface area contributed by atoms with Gasteiger partial charge in [0.1, 0.15) is 29.7 Å². The summed E-state index contributed by atoms with van der Waals surface area (Å²) < 4.78 is 6.71. The summed E-state index contributed by atoms with van der Waals surface area (Å²) in [6.07, 6.45) is 1.39. The number of nitrogens with one attached hydrogen (secondary N) is 1. The summed E-state index contributed by atoms with van der Waals surface area (Å²) in [6.45, 7) is 0.396. The third-order valence-electron chi connectivity index (χ3n) is 4.32. The van der Waals surface area contributed by atoms with E-state index in [1.807, 2.05) is 30.3 Å². The van der Waals surface area contributed by atoms with Crippen LogP contribution >= 0.6 is 15.9 Å². The monoisotopic (exact) mass is 493 g/mol. The van der Waals surface area contributed by atoms with Gasteiger partial charge in [0.2, 0.25) is 0 Å². The van der Waals surface area contributed by atoms with Crippen LogP contribution in [0.4, 0.5) is 11.4 Å². The molecule has 3 aromatic carbocycles. The predicted octanol–water partition coefficient (Wildman–Crippen LogP) is 5.19. The number of non-ortho nitro benzene ring substituents is 1. The van der Waals surface area contributed by atoms with Gasteiger partial charge in [-0.3, -0.25) is 14.9 Å². The Morgan fingerprint density at radius 1 is 1.16 bits per heavy atom. The maximum atomic E-state index is 12.4. The van der Waals surface area contributed by atoms with Gasteiger partial charge < -0.3 is 15.2 Å². The summed E-state index contributed by atoms with van der Waals surface area (Å²) in [5.74, 6) is -0.604. The van der Waals surface area contributed by atoms with Gasteiger partial charge in [0.05, 0.1) is 16.7 Å². The lowest BCUT2D eigenvalue weighted by Crippen LogP contribution is -2.13. The lowest BCUT2D eigenvalue weighted by molar-refractivity contribution is -0.384. The Morgan fingerprint density at radius 3 is 2.44 bits per heavy atom. The van der Waals surface area contributed by atoms with E-state index in [0.717, 1.165) is 22.2 Å². The minimum atomic E-state index is -0.757. The van der Waals surface area contributed by atoms with Crippen molar-refractivity contribution in [2.45, 2.75) is 6.61 Å². The van der Waals surface area contributed by atoms with Crippen molar-refractivity contribution in [1.29, 1.82) is 5.26 Å². The fourth-order valence-electron chi connectivity index (χ4n) is 2.65. The molecule has 0 spiro atoms. The molecule has 8 nitrogen and oxygen atoms in total. The highest BCUT2D eigenvalue weighted by Gasteiger charge is 2.15. The molecule has 0 unspecified atom stereocenters. The zero-order valence-electron chi connectivity index (χ0n) is 16.5. The van der Waals surface area contributed by atoms with Crippen LogP contribution in [0, 0.1) is 21.4 Å². The lowest BCUT2D eigenvalue weighted by atomic mass is 10.1. The molecule has 0 radical (unpaired) electrons. The number of nitro benzene ring substituents is 1. The van der Waals surface area contributed by atoms with Crippen molar-refractivity contribution in [1.82, 2.24) is 0 Å². The Kier molecular flexibility index (Phi) is 7.21. The number of halogens is 1. The van der Waals surface area contributed by atoms with Crippen LogP contribution in [-0.2, 0) is 11.4 Å². The van der Waals surface area contributed by atoms with E-state index in [1.165, 1.54) is 12.1 Å². The van der Waals surface area contributed by atoms with Crippen LogP contribution in [0.3, 0.4) is 0 Å². The number of phenols is 1. The lowest BCUT2D eigenvalue weighted by Gasteiger charge is -2.08. The molecule has 0 aliphatic heterocycles. The number of carbonyl (C=O) groups is 1. The minimum absolute atomic E-state index is 0.0431. The van der Waals surface area contributed by atoms with Gasteiger partial charge in [-0.25, -0.2) is 0 Å². The van der Waals surface area contributed by atoms with Crippen LogP contribution in [-0.4, -0.2) is 15.9 Å². The molecule has 0 saturated heterocycles. The Hall–Kier alpha value is -4.16. The third kappa shape index (κ3) is 5.93. The van der Waals surface area contributed by atoms with Crippen molar-refractivity contribution in [2.24, 2.45) is 0 Å². The van der Waals surface area contributed by atoms with Crippen molar-refractivity contribution in [3.63, 3.8) is 0 Å². The number of phenolic OH excluding ortho intramolecular Hbond substituents is 1. The number of rotatable bonds is 7. The van der Waals surface area contributed by atoms with Gasteiger partial charge in [-0.15, -0.1) is 0 Å². The van der Waals surface area contributed by atoms with Gasteiger partial charge in [-0.2, -0.15) is 5.26 Å². The highest BCUT2D eigenvalue weighted by molar-refractivity contribution is 9.10. The van der Waals surface area contributed by atoms with E-state index >= 15 is 0 Å². The molecule has 3 rings (SSSR count). The number of nitro groups is 1. The first kappa shape index (κ1) is 22.5. The first-order valence-corrected chi connectivity index (χ1v) is 10.0. The average Bonchev–Trinajstić information content (AvgIpc) is 2.79. The molecule has 2 N–H and O–H groups in total. The molecule has 0 fully saturated rings. The van der Waals surface area contributed by atoms with E-state index in [2.05, 4.69) is 21.2 Å². The zero-order valence-corrected chi connectivity index (χ0v) is 18.1. The molecule has 3 aromatic rings. The quantitative estimate of drug-likeness (QED) is 0.153. The van der Waals surface area contributed by atoms with Gasteiger partial charge in [-0.1, -0.05) is 40.2 Å². The first-order chi connectivity index (χ1) is 15.4. The van der Waals surface area contributed by atoms with E-state index in [9.17, 15) is 25.3 Å². The van der Waals surface area contributed by atoms with Crippen LogP contribution in [0.5, 0.6) is 11.5 Å². The average molecular weight is 494 g/mol. The molecule has 0 bridgehead atoms. The fourth-order valence-corrected chi connectivity index (χ4v) is 2.92. The second-order valence-electron chi connectivity index (χ2n) is 6.57. The first-order valence-electron chi connectivity index (χ1n) is 9.23. The highest BCUT2D eigenvalue weighted by Crippen LogP contribution is 2.28. The van der Waals surface area contributed by atoms with E-state index in [4.69, 9.17) is 4.74 Å². The molecule has 0 atom stereocenters. The molecular weight excluding hydrogens is 478 g/mol. The molecule has 0 aromatic heterocycles. The molecule has 32 heavy (non-hydrogen) atoms. The summed E-state index contributed by atoms with van der Waals surface area (Å²) in [5.41, 5.74) is 1.04. The van der Waals surface area contributed by atoms with E-state index < -0.39 is 16.6 Å². The van der Waals surface area contributed by atoms with Crippen molar-refractivity contribution >= 4 is 39.3 Å². The Balaban J connectivity index is 1.66. The Labute approximate surface area is 191 Å². The smallest absolute Gasteiger partial charge is 0.273 e. The van der Waals surface area contributed by atoms with Crippen LogP contribution in [0.15, 0.2) is 76.8 Å². The molecule has 0 heterocycles. The van der Waals surface area contributed by atoms with E-state index in [0.29, 0.717) is 17.9 Å². The van der Waals surface area contributed by atoms with Crippen molar-refractivity contribution in [3.8, 4) is 17.6 Å². The molecule has 1 amide bonds. The minimum Gasteiger partial charge on any atom is -0.506 e. The van der Waals surface area contributed by atoms with Gasteiger partial charge in [0.15, 0.2) is 0 Å². The number of carbonyl (C=O) groups excluding carboxylic acids is 1. The number of hydrogen-bond acceptors (Lipinski definition) is 6. The summed E-state index contributed by atoms with van der Waals surface area (Å²) >= 11 is 3.38. The van der Waals surface area contributed by atoms with Gasteiger partial charge in [0, 0.05) is 10.5 Å². The van der Waals surface area contributed by atoms with Gasteiger partial charge >= 0.3 is 0 Å². The van der Waals surface area contributed by atoms with Crippen LogP contribution in [0.2, 0.25) is 0 Å². The molecule has 160 valence electrons. The topological polar surface area (TPSA) is 125 Å². The molecule has 0 saturated carbocycles. The number of ether oxygens (including phenoxy) is 1. The third-order valence-corrected chi connectivity index (χ3v) is 4.84. The van der Waals surface area contributed by atoms with Crippen molar-refractivity contribution in [3.05, 3.63) is 98.0 Å². The number of hydrogen-bond donors (Lipinski definition) is 2. The number of nitriles is 1. The van der Waals surface area contributed by atoms with Crippen LogP contribution < -0.4 is 10.1 Å². The Bertz CT molecular complexity index is 1220. The maximum absolute atomic E-state index is 12.4. The summed E-state index contributed by atoms with van der Waals surface area (Å²) in [6, 6.07) is 19.6. The Morgan fingerprint density at radius 2 is 1.84 bits per heavy atom. The number of nitrogens with zero attached hydrogens (tertiary/aromatic N) is 2. The summed E-state index contributed by atoms with van der Waals surface area (Å²) in [4.78, 5) is 22.5. The van der Waals surface area contributed by atoms with Crippen molar-refractivity contribution < 1.29 is 19.6 Å². The number of anilines is 1. The largest absolute Gasteiger partial charge is 0.506 e. The van der Waals surface area contributed by atoms with Gasteiger partial charge in [0.25, 0.3) is 11.6 Å². The van der Waals surface area contributed by atoms with Crippen LogP contribution in [0.1, 0.15) is 11.1 Å². The fraction of sp³-hybridized carbons (Fsp3) is 0.0435. The number of benzene rings is 3. The normalized spacial score (nSPS) is 10.8. The molecule has 9 heteroatoms. The standard InChI is InChI=1S/C23H16BrN3O5/c24-18-5-1-16(2-6-18)14-32-20-8-3-15(4-9-20)11-17(13-25)23(29)26-21-10-7-19(27(30)31)12-22(21)28/h1-12,28H,14H2,(H,26,29). The van der Waals surface area contributed by atoms with E-state index in [-0.39, 0.29) is 16.9 Å². The SMILES string of the molecule is N#CC(=Cc1ccc(OCc2ccc(Br)cc2)cc1)C(=O)Nc1ccc([N+](=O)[O-])cc1O. The van der Waals surface area contributed by atoms with E-state index in [1.54, 1.807) is 24.3 Å². The predicted molar refractivity (Wildman–Crippen MR) is 122 cm³/mol. The van der Waals surface area contributed by atoms with Crippen molar-refractivity contribution in [2.75, 3.05) is 5.32 Å².